The lowest BCUT2D eigenvalue weighted by Gasteiger charge is -2.35. The zero-order valence-electron chi connectivity index (χ0n) is 15.4. The molecular weight excluding hydrogens is 376 g/mol. The average molecular weight is 396 g/mol. The first-order chi connectivity index (χ1) is 13.6. The Hall–Kier alpha value is -3.00. The summed E-state index contributed by atoms with van der Waals surface area (Å²) in [5.41, 5.74) is 0.637. The van der Waals surface area contributed by atoms with E-state index in [-0.39, 0.29) is 18.2 Å². The number of nitrogens with zero attached hydrogens (tertiary/aromatic N) is 3. The molecule has 4 rings (SSSR count). The van der Waals surface area contributed by atoms with Crippen molar-refractivity contribution < 1.29 is 14.1 Å². The second kappa shape index (κ2) is 7.55. The van der Waals surface area contributed by atoms with Crippen molar-refractivity contribution in [3.05, 3.63) is 53.7 Å². The molecular formula is C20H20N4O3S. The topological polar surface area (TPSA) is 88.3 Å². The molecule has 0 spiro atoms. The number of aromatic nitrogens is 2. The molecule has 3 aromatic rings. The van der Waals surface area contributed by atoms with E-state index >= 15 is 0 Å². The van der Waals surface area contributed by atoms with Gasteiger partial charge >= 0.3 is 0 Å². The van der Waals surface area contributed by atoms with Gasteiger partial charge in [0.1, 0.15) is 17.0 Å². The van der Waals surface area contributed by atoms with Crippen LogP contribution >= 0.6 is 11.3 Å². The summed E-state index contributed by atoms with van der Waals surface area (Å²) in [4.78, 5) is 31.3. The van der Waals surface area contributed by atoms with Gasteiger partial charge in [-0.2, -0.15) is 0 Å². The van der Waals surface area contributed by atoms with E-state index in [1.807, 2.05) is 36.4 Å². The molecule has 3 heterocycles. The Bertz CT molecular complexity index is 971. The van der Waals surface area contributed by atoms with E-state index < -0.39 is 5.54 Å². The number of thiazole rings is 1. The summed E-state index contributed by atoms with van der Waals surface area (Å²) in [6, 6.07) is 11.5. The average Bonchev–Trinajstić information content (AvgIpc) is 3.44. The van der Waals surface area contributed by atoms with Crippen LogP contribution in [-0.4, -0.2) is 38.9 Å². The Labute approximate surface area is 166 Å². The van der Waals surface area contributed by atoms with Crippen LogP contribution in [-0.2, 0) is 16.0 Å². The molecule has 0 saturated carbocycles. The van der Waals surface area contributed by atoms with E-state index in [0.29, 0.717) is 29.6 Å². The lowest BCUT2D eigenvalue weighted by molar-refractivity contribution is -0.141. The van der Waals surface area contributed by atoms with Gasteiger partial charge in [0.05, 0.1) is 0 Å². The van der Waals surface area contributed by atoms with Crippen LogP contribution in [0.25, 0.3) is 11.3 Å². The molecule has 1 N–H and O–H groups in total. The number of carbonyl (C=O) groups excluding carboxylic acids is 2. The number of hydrogen-bond acceptors (Lipinski definition) is 6. The monoisotopic (exact) mass is 396 g/mol. The van der Waals surface area contributed by atoms with Crippen LogP contribution in [0.4, 0.5) is 5.13 Å². The molecule has 7 nitrogen and oxygen atoms in total. The highest BCUT2D eigenvalue weighted by Crippen LogP contribution is 2.35. The zero-order valence-corrected chi connectivity index (χ0v) is 16.2. The molecule has 0 aliphatic carbocycles. The number of likely N-dealkylation sites (tertiary alicyclic amines) is 1. The van der Waals surface area contributed by atoms with E-state index in [4.69, 9.17) is 4.52 Å². The lowest BCUT2D eigenvalue weighted by atomic mass is 9.89. The predicted molar refractivity (Wildman–Crippen MR) is 106 cm³/mol. The fraction of sp³-hybridized carbons (Fsp3) is 0.300. The van der Waals surface area contributed by atoms with Crippen molar-refractivity contribution in [2.75, 3.05) is 11.9 Å². The fourth-order valence-corrected chi connectivity index (χ4v) is 4.29. The number of benzene rings is 1. The molecule has 144 valence electrons. The fourth-order valence-electron chi connectivity index (χ4n) is 3.77. The van der Waals surface area contributed by atoms with E-state index in [2.05, 4.69) is 15.5 Å². The van der Waals surface area contributed by atoms with Gasteiger partial charge in [-0.25, -0.2) is 4.98 Å². The summed E-state index contributed by atoms with van der Waals surface area (Å²) in [7, 11) is 0. The Kier molecular flexibility index (Phi) is 4.95. The van der Waals surface area contributed by atoms with Gasteiger partial charge in [-0.05, 0) is 12.8 Å². The molecule has 0 unspecified atom stereocenters. The molecule has 28 heavy (non-hydrogen) atoms. The maximum absolute atomic E-state index is 13.2. The van der Waals surface area contributed by atoms with Gasteiger partial charge < -0.3 is 9.42 Å². The minimum Gasteiger partial charge on any atom is -0.361 e. The van der Waals surface area contributed by atoms with Gasteiger partial charge in [-0.15, -0.1) is 11.3 Å². The molecule has 2 aromatic heterocycles. The molecule has 0 bridgehead atoms. The Morgan fingerprint density at radius 1 is 1.32 bits per heavy atom. The third kappa shape index (κ3) is 3.43. The maximum Gasteiger partial charge on any atom is 0.252 e. The highest BCUT2D eigenvalue weighted by Gasteiger charge is 2.49. The van der Waals surface area contributed by atoms with Gasteiger partial charge in [0.25, 0.3) is 5.91 Å². The quantitative estimate of drug-likeness (QED) is 0.714. The van der Waals surface area contributed by atoms with E-state index in [9.17, 15) is 9.59 Å². The summed E-state index contributed by atoms with van der Waals surface area (Å²) < 4.78 is 5.54. The first-order valence-corrected chi connectivity index (χ1v) is 9.97. The van der Waals surface area contributed by atoms with Crippen LogP contribution < -0.4 is 5.32 Å². The number of amides is 2. The number of hydrogen-bond donors (Lipinski definition) is 1. The molecule has 1 aliphatic heterocycles. The van der Waals surface area contributed by atoms with Crippen molar-refractivity contribution >= 4 is 28.3 Å². The van der Waals surface area contributed by atoms with Crippen molar-refractivity contribution in [3.63, 3.8) is 0 Å². The third-order valence-electron chi connectivity index (χ3n) is 5.04. The maximum atomic E-state index is 13.2. The van der Waals surface area contributed by atoms with Crippen LogP contribution in [0.2, 0.25) is 0 Å². The minimum atomic E-state index is -1.01. The molecule has 1 aliphatic rings. The third-order valence-corrected chi connectivity index (χ3v) is 5.73. The summed E-state index contributed by atoms with van der Waals surface area (Å²) >= 11 is 1.34. The molecule has 0 radical (unpaired) electrons. The SMILES string of the molecule is CC(=O)N1CCC[C@]1(Cc1cc(-c2ccccc2)no1)C(=O)Nc1nccs1. The molecule has 1 fully saturated rings. The van der Waals surface area contributed by atoms with Crippen LogP contribution in [0.15, 0.2) is 52.5 Å². The van der Waals surface area contributed by atoms with Crippen molar-refractivity contribution in [1.29, 1.82) is 0 Å². The van der Waals surface area contributed by atoms with Crippen molar-refractivity contribution in [1.82, 2.24) is 15.0 Å². The summed E-state index contributed by atoms with van der Waals surface area (Å²) in [5, 5.41) is 9.31. The molecule has 2 amide bonds. The van der Waals surface area contributed by atoms with Crippen molar-refractivity contribution in [2.24, 2.45) is 0 Å². The molecule has 8 heteroatoms. The van der Waals surface area contributed by atoms with E-state index in [0.717, 1.165) is 12.0 Å². The number of nitrogens with one attached hydrogen (secondary N) is 1. The first kappa shape index (κ1) is 18.4. The number of carbonyl (C=O) groups is 2. The van der Waals surface area contributed by atoms with Crippen molar-refractivity contribution in [2.45, 2.75) is 31.7 Å². The van der Waals surface area contributed by atoms with Crippen LogP contribution in [0.1, 0.15) is 25.5 Å². The summed E-state index contributed by atoms with van der Waals surface area (Å²) in [6.45, 7) is 2.03. The van der Waals surface area contributed by atoms with Gasteiger partial charge in [0.15, 0.2) is 5.13 Å². The van der Waals surface area contributed by atoms with Gasteiger partial charge in [0.2, 0.25) is 5.91 Å². The molecule has 1 atom stereocenters. The van der Waals surface area contributed by atoms with Gasteiger partial charge in [-0.1, -0.05) is 35.5 Å². The van der Waals surface area contributed by atoms with E-state index in [1.54, 1.807) is 16.5 Å². The molecule has 1 aromatic carbocycles. The Morgan fingerprint density at radius 2 is 2.14 bits per heavy atom. The summed E-state index contributed by atoms with van der Waals surface area (Å²) in [5.74, 6) is 0.198. The zero-order chi connectivity index (χ0) is 19.6. The standard InChI is InChI=1S/C20H20N4O3S/c1-14(25)24-10-5-8-20(24,18(26)22-19-21-9-11-28-19)13-16-12-17(23-27-16)15-6-3-2-4-7-15/h2-4,6-7,9,11-12H,5,8,10,13H2,1H3,(H,21,22,26)/t20-/m0/s1. The summed E-state index contributed by atoms with van der Waals surface area (Å²) in [6.07, 6.45) is 3.21. The highest BCUT2D eigenvalue weighted by atomic mass is 32.1. The lowest BCUT2D eigenvalue weighted by Crippen LogP contribution is -2.56. The normalized spacial score (nSPS) is 19.0. The number of anilines is 1. The van der Waals surface area contributed by atoms with Crippen molar-refractivity contribution in [3.8, 4) is 11.3 Å². The van der Waals surface area contributed by atoms with Gasteiger partial charge in [-0.3, -0.25) is 14.9 Å². The van der Waals surface area contributed by atoms with Crippen LogP contribution in [0.5, 0.6) is 0 Å². The predicted octanol–water partition coefficient (Wildman–Crippen LogP) is 3.36. The second-order valence-electron chi connectivity index (χ2n) is 6.82. The largest absolute Gasteiger partial charge is 0.361 e. The molecule has 1 saturated heterocycles. The smallest absolute Gasteiger partial charge is 0.252 e. The number of rotatable bonds is 5. The van der Waals surface area contributed by atoms with Crippen LogP contribution in [0.3, 0.4) is 0 Å². The Balaban J connectivity index is 1.64. The Morgan fingerprint density at radius 3 is 2.86 bits per heavy atom. The first-order valence-electron chi connectivity index (χ1n) is 9.09. The van der Waals surface area contributed by atoms with E-state index in [1.165, 1.54) is 18.3 Å². The van der Waals surface area contributed by atoms with Gasteiger partial charge in [0, 0.05) is 43.1 Å². The minimum absolute atomic E-state index is 0.130. The second-order valence-corrected chi connectivity index (χ2v) is 7.71. The highest BCUT2D eigenvalue weighted by molar-refractivity contribution is 7.13. The van der Waals surface area contributed by atoms with Crippen LogP contribution in [0, 0.1) is 0 Å².